The average molecular weight is 971 g/mol. The number of hydrogen-bond donors (Lipinski definition) is 0. The highest BCUT2D eigenvalue weighted by atomic mass is 15.2. The summed E-state index contributed by atoms with van der Waals surface area (Å²) in [7, 11) is 0. The van der Waals surface area contributed by atoms with Crippen LogP contribution in [0, 0.1) is 0 Å². The van der Waals surface area contributed by atoms with Crippen molar-refractivity contribution >= 4 is 82.4 Å². The smallest absolute Gasteiger partial charge is 0.166 e. The van der Waals surface area contributed by atoms with Crippen molar-refractivity contribution in [2.24, 2.45) is 0 Å². The molecule has 0 amide bonds. The van der Waals surface area contributed by atoms with Gasteiger partial charge in [-0.15, -0.1) is 0 Å². The zero-order valence-corrected chi connectivity index (χ0v) is 41.3. The van der Waals surface area contributed by atoms with E-state index < -0.39 is 0 Å². The molecule has 0 saturated carbocycles. The average Bonchev–Trinajstić information content (AvgIpc) is 4.40. The van der Waals surface area contributed by atoms with Crippen molar-refractivity contribution < 1.29 is 0 Å². The SMILES string of the molecule is C1=Cc2c(c3ccccc3n2-c2nc(-n3c4ccccc4c4ccccc43)c(-n3c4ccccc4c4ccccc43)c(-n3c4ccccc4c4ccccc43)c2-c2cc(-c3ccccc3)nc(-c3ccccc3)c2)CC1. The first-order valence-corrected chi connectivity index (χ1v) is 26.2. The molecule has 0 aliphatic heterocycles. The van der Waals surface area contributed by atoms with Gasteiger partial charge in [-0.3, -0.25) is 9.13 Å². The van der Waals surface area contributed by atoms with Crippen LogP contribution in [0.3, 0.4) is 0 Å². The summed E-state index contributed by atoms with van der Waals surface area (Å²) in [6.07, 6.45) is 6.57. The van der Waals surface area contributed by atoms with Gasteiger partial charge in [-0.2, -0.15) is 0 Å². The van der Waals surface area contributed by atoms with Crippen molar-refractivity contribution in [1.29, 1.82) is 0 Å². The highest BCUT2D eigenvalue weighted by Crippen LogP contribution is 2.49. The number of benzene rings is 9. The molecule has 6 aromatic heterocycles. The number of aryl methyl sites for hydroxylation is 1. The zero-order valence-electron chi connectivity index (χ0n) is 41.3. The normalized spacial score (nSPS) is 12.6. The quantitative estimate of drug-likeness (QED) is 0.160. The van der Waals surface area contributed by atoms with Crippen molar-refractivity contribution in [2.45, 2.75) is 12.8 Å². The van der Waals surface area contributed by atoms with Gasteiger partial charge in [-0.1, -0.05) is 194 Å². The highest BCUT2D eigenvalue weighted by molar-refractivity contribution is 6.15. The molecule has 0 unspecified atom stereocenters. The largest absolute Gasteiger partial charge is 0.306 e. The standard InChI is InChI=1S/C70H46N6/c1-3-23-45(24-4-1)56-43-47(44-57(71-56)46-25-5-2-6-26-46)66-67(73-58-35-15-7-27-48(58)49-28-8-16-36-59(49)73)68(74-60-37-17-9-29-50(60)51-30-10-18-38-61(51)74)70(76-64-41-21-13-33-54(64)55-34-14-22-42-65(55)76)72-69(66)75-62-39-19-11-31-52(62)53-32-12-20-40-63(53)75/h1-11,13-31,33-44H,12,32H2. The second-order valence-electron chi connectivity index (χ2n) is 20.0. The number of aromatic nitrogens is 6. The van der Waals surface area contributed by atoms with Crippen molar-refractivity contribution in [2.75, 3.05) is 0 Å². The van der Waals surface area contributed by atoms with E-state index in [-0.39, 0.29) is 0 Å². The second-order valence-corrected chi connectivity index (χ2v) is 20.0. The summed E-state index contributed by atoms with van der Waals surface area (Å²) in [5, 5.41) is 8.25. The van der Waals surface area contributed by atoms with Gasteiger partial charge < -0.3 is 9.13 Å². The molecule has 0 saturated heterocycles. The predicted octanol–water partition coefficient (Wildman–Crippen LogP) is 17.7. The maximum atomic E-state index is 6.44. The predicted molar refractivity (Wildman–Crippen MR) is 316 cm³/mol. The topological polar surface area (TPSA) is 45.5 Å². The first kappa shape index (κ1) is 42.5. The molecule has 1 aliphatic carbocycles. The van der Waals surface area contributed by atoms with Crippen molar-refractivity contribution in [3.63, 3.8) is 0 Å². The minimum Gasteiger partial charge on any atom is -0.306 e. The van der Waals surface area contributed by atoms with E-state index in [0.717, 1.165) is 125 Å². The van der Waals surface area contributed by atoms with Crippen molar-refractivity contribution in [3.8, 4) is 56.7 Å². The Morgan fingerprint density at radius 2 is 0.671 bits per heavy atom. The first-order chi connectivity index (χ1) is 37.8. The molecule has 0 fully saturated rings. The number of allylic oxidation sites excluding steroid dienone is 1. The van der Waals surface area contributed by atoms with Gasteiger partial charge in [-0.25, -0.2) is 9.97 Å². The Morgan fingerprint density at radius 3 is 1.12 bits per heavy atom. The lowest BCUT2D eigenvalue weighted by Crippen LogP contribution is -2.17. The molecule has 16 rings (SSSR count). The van der Waals surface area contributed by atoms with E-state index in [4.69, 9.17) is 9.97 Å². The fourth-order valence-electron chi connectivity index (χ4n) is 12.6. The van der Waals surface area contributed by atoms with Gasteiger partial charge in [0.1, 0.15) is 11.5 Å². The second kappa shape index (κ2) is 16.7. The van der Waals surface area contributed by atoms with E-state index in [0.29, 0.717) is 0 Å². The summed E-state index contributed by atoms with van der Waals surface area (Å²) in [4.78, 5) is 12.0. The van der Waals surface area contributed by atoms with Crippen LogP contribution in [0.2, 0.25) is 0 Å². The lowest BCUT2D eigenvalue weighted by atomic mass is 9.97. The molecule has 0 N–H and O–H groups in total. The Labute approximate surface area is 437 Å². The molecule has 9 aromatic carbocycles. The molecule has 356 valence electrons. The van der Waals surface area contributed by atoms with Gasteiger partial charge in [0.05, 0.1) is 66.9 Å². The summed E-state index contributed by atoms with van der Waals surface area (Å²) in [6.45, 7) is 0. The molecule has 1 aliphatic rings. The Kier molecular flexibility index (Phi) is 9.36. The van der Waals surface area contributed by atoms with Crippen molar-refractivity contribution in [1.82, 2.24) is 28.2 Å². The van der Waals surface area contributed by atoms with E-state index in [2.05, 4.69) is 273 Å². The van der Waals surface area contributed by atoms with Crippen LogP contribution < -0.4 is 0 Å². The molecule has 6 heteroatoms. The fourth-order valence-corrected chi connectivity index (χ4v) is 12.6. The third kappa shape index (κ3) is 6.22. The van der Waals surface area contributed by atoms with E-state index in [9.17, 15) is 0 Å². The summed E-state index contributed by atoms with van der Waals surface area (Å²) in [5.41, 5.74) is 17.8. The van der Waals surface area contributed by atoms with Gasteiger partial charge in [0, 0.05) is 48.8 Å². The van der Waals surface area contributed by atoms with Crippen LogP contribution in [0.4, 0.5) is 0 Å². The molecule has 6 heterocycles. The molecule has 0 bridgehead atoms. The molecule has 0 spiro atoms. The Morgan fingerprint density at radius 1 is 0.303 bits per heavy atom. The number of para-hydroxylation sites is 7. The third-order valence-corrected chi connectivity index (χ3v) is 15.8. The number of pyridine rings is 2. The van der Waals surface area contributed by atoms with E-state index in [1.807, 2.05) is 0 Å². The van der Waals surface area contributed by atoms with Crippen LogP contribution in [0.1, 0.15) is 17.7 Å². The van der Waals surface area contributed by atoms with Crippen LogP contribution in [-0.2, 0) is 6.42 Å². The van der Waals surface area contributed by atoms with E-state index >= 15 is 0 Å². The summed E-state index contributed by atoms with van der Waals surface area (Å²) < 4.78 is 9.99. The maximum Gasteiger partial charge on any atom is 0.166 e. The number of nitrogens with zero attached hydrogens (tertiary/aromatic N) is 6. The Balaban J connectivity index is 1.23. The van der Waals surface area contributed by atoms with Crippen molar-refractivity contribution in [3.05, 3.63) is 260 Å². The Bertz CT molecular complexity index is 4650. The lowest BCUT2D eigenvalue weighted by Gasteiger charge is -2.27. The van der Waals surface area contributed by atoms with E-state index in [1.54, 1.807) is 0 Å². The number of fused-ring (bicyclic) bond motifs is 12. The Hall–Kier alpha value is -10.0. The summed E-state index contributed by atoms with van der Waals surface area (Å²) >= 11 is 0. The maximum absolute atomic E-state index is 6.44. The van der Waals surface area contributed by atoms with Gasteiger partial charge in [0.15, 0.2) is 5.82 Å². The minimum absolute atomic E-state index is 0.812. The van der Waals surface area contributed by atoms with Gasteiger partial charge in [0.25, 0.3) is 0 Å². The molecule has 0 radical (unpaired) electrons. The van der Waals surface area contributed by atoms with Crippen LogP contribution in [0.5, 0.6) is 0 Å². The molecule has 0 atom stereocenters. The van der Waals surface area contributed by atoms with Gasteiger partial charge >= 0.3 is 0 Å². The fraction of sp³-hybridized carbons (Fsp3) is 0.0286. The molecule has 15 aromatic rings. The summed E-state index contributed by atoms with van der Waals surface area (Å²) in [5.74, 6) is 1.64. The number of rotatable bonds is 7. The zero-order chi connectivity index (χ0) is 49.8. The van der Waals surface area contributed by atoms with Crippen LogP contribution in [-0.4, -0.2) is 28.2 Å². The minimum atomic E-state index is 0.812. The van der Waals surface area contributed by atoms with Crippen LogP contribution >= 0.6 is 0 Å². The molecule has 6 nitrogen and oxygen atoms in total. The van der Waals surface area contributed by atoms with Crippen LogP contribution in [0.25, 0.3) is 139 Å². The number of hydrogen-bond acceptors (Lipinski definition) is 2. The molecular weight excluding hydrogens is 925 g/mol. The lowest BCUT2D eigenvalue weighted by molar-refractivity contribution is 0.927. The molecular formula is C70H46N6. The molecule has 76 heavy (non-hydrogen) atoms. The summed E-state index contributed by atoms with van der Waals surface area (Å²) in [6, 6.07) is 88.1. The van der Waals surface area contributed by atoms with E-state index in [1.165, 1.54) is 32.5 Å². The van der Waals surface area contributed by atoms with Crippen LogP contribution in [0.15, 0.2) is 249 Å². The highest BCUT2D eigenvalue weighted by Gasteiger charge is 2.33. The first-order valence-electron chi connectivity index (χ1n) is 26.2. The van der Waals surface area contributed by atoms with Gasteiger partial charge in [0.2, 0.25) is 0 Å². The van der Waals surface area contributed by atoms with Gasteiger partial charge in [-0.05, 0) is 84.6 Å². The third-order valence-electron chi connectivity index (χ3n) is 15.8. The monoisotopic (exact) mass is 970 g/mol.